The van der Waals surface area contributed by atoms with E-state index >= 15 is 0 Å². The molecule has 0 radical (unpaired) electrons. The number of aromatic amines is 1. The maximum atomic E-state index is 6.02. The van der Waals surface area contributed by atoms with Crippen LogP contribution in [0, 0.1) is 10.7 Å². The lowest BCUT2D eigenvalue weighted by atomic mass is 9.98. The molecule has 1 aliphatic rings. The molecule has 1 N–H and O–H groups in total. The molecular weight excluding hydrogens is 278 g/mol. The molecule has 3 rings (SSSR count). The molecule has 0 spiro atoms. The Morgan fingerprint density at radius 2 is 2.32 bits per heavy atom. The summed E-state index contributed by atoms with van der Waals surface area (Å²) in [6.07, 6.45) is 2.56. The van der Waals surface area contributed by atoms with Gasteiger partial charge in [0.1, 0.15) is 0 Å². The number of aromatic nitrogens is 2. The van der Waals surface area contributed by atoms with Crippen LogP contribution in [0.5, 0.6) is 0 Å². The van der Waals surface area contributed by atoms with Gasteiger partial charge in [0.15, 0.2) is 4.77 Å². The minimum absolute atomic E-state index is 0.681. The number of rotatable bonds is 2. The van der Waals surface area contributed by atoms with Crippen molar-refractivity contribution in [3.05, 3.63) is 28.0 Å². The zero-order valence-corrected chi connectivity index (χ0v) is 12.6. The molecule has 0 amide bonds. The summed E-state index contributed by atoms with van der Waals surface area (Å²) in [5.74, 6) is 0.681. The fourth-order valence-corrected chi connectivity index (χ4v) is 3.45. The molecule has 0 saturated carbocycles. The summed E-state index contributed by atoms with van der Waals surface area (Å²) in [6, 6.07) is 5.92. The number of likely N-dealkylation sites (tertiary alicyclic amines) is 1. The van der Waals surface area contributed by atoms with Crippen LogP contribution in [0.25, 0.3) is 11.0 Å². The van der Waals surface area contributed by atoms with Gasteiger partial charge >= 0.3 is 0 Å². The number of nitrogens with zero attached hydrogens (tertiary/aromatic N) is 2. The van der Waals surface area contributed by atoms with Gasteiger partial charge in [-0.2, -0.15) is 0 Å². The lowest BCUT2D eigenvalue weighted by Crippen LogP contribution is -2.34. The molecule has 1 unspecified atom stereocenters. The van der Waals surface area contributed by atoms with Crippen molar-refractivity contribution in [3.8, 4) is 0 Å². The van der Waals surface area contributed by atoms with Gasteiger partial charge in [0.2, 0.25) is 0 Å². The SMILES string of the molecule is CN1CCCC(Cn2c(=S)[nH]c3cc(Cl)ccc32)C1. The highest BCUT2D eigenvalue weighted by Crippen LogP contribution is 2.23. The van der Waals surface area contributed by atoms with E-state index in [9.17, 15) is 0 Å². The van der Waals surface area contributed by atoms with Gasteiger partial charge in [-0.05, 0) is 62.8 Å². The standard InChI is InChI=1S/C14H18ClN3S/c1-17-6-2-3-10(8-17)9-18-13-5-4-11(15)7-12(13)16-14(18)19/h4-5,7,10H,2-3,6,8-9H2,1H3,(H,16,19). The summed E-state index contributed by atoms with van der Waals surface area (Å²) in [7, 11) is 2.19. The normalized spacial score (nSPS) is 21.1. The van der Waals surface area contributed by atoms with Crippen molar-refractivity contribution in [2.45, 2.75) is 19.4 Å². The second-order valence-corrected chi connectivity index (χ2v) is 6.30. The van der Waals surface area contributed by atoms with E-state index in [2.05, 4.69) is 27.6 Å². The van der Waals surface area contributed by atoms with Gasteiger partial charge in [-0.1, -0.05) is 11.6 Å². The molecule has 1 aromatic heterocycles. The Morgan fingerprint density at radius 3 is 3.11 bits per heavy atom. The summed E-state index contributed by atoms with van der Waals surface area (Å²) in [6.45, 7) is 3.36. The number of imidazole rings is 1. The third-order valence-corrected chi connectivity index (χ3v) is 4.46. The molecular formula is C14H18ClN3S. The number of benzene rings is 1. The van der Waals surface area contributed by atoms with E-state index in [0.29, 0.717) is 5.92 Å². The van der Waals surface area contributed by atoms with Crippen molar-refractivity contribution < 1.29 is 0 Å². The van der Waals surface area contributed by atoms with Crippen LogP contribution in [0.15, 0.2) is 18.2 Å². The highest BCUT2D eigenvalue weighted by atomic mass is 35.5. The molecule has 1 aromatic carbocycles. The van der Waals surface area contributed by atoms with Crippen molar-refractivity contribution >= 4 is 34.9 Å². The number of nitrogens with one attached hydrogen (secondary N) is 1. The molecule has 102 valence electrons. The van der Waals surface area contributed by atoms with Crippen LogP contribution in [-0.4, -0.2) is 34.6 Å². The maximum absolute atomic E-state index is 6.02. The smallest absolute Gasteiger partial charge is 0.178 e. The predicted octanol–water partition coefficient (Wildman–Crippen LogP) is 3.69. The maximum Gasteiger partial charge on any atom is 0.178 e. The van der Waals surface area contributed by atoms with E-state index in [1.807, 2.05) is 12.1 Å². The minimum Gasteiger partial charge on any atom is -0.331 e. The van der Waals surface area contributed by atoms with Crippen LogP contribution in [0.3, 0.4) is 0 Å². The second-order valence-electron chi connectivity index (χ2n) is 5.47. The Hall–Kier alpha value is -0.840. The van der Waals surface area contributed by atoms with E-state index in [0.717, 1.165) is 33.9 Å². The predicted molar refractivity (Wildman–Crippen MR) is 82.4 cm³/mol. The summed E-state index contributed by atoms with van der Waals surface area (Å²) in [4.78, 5) is 5.65. The molecule has 2 aromatic rings. The van der Waals surface area contributed by atoms with Gasteiger partial charge in [0, 0.05) is 18.1 Å². The fraction of sp³-hybridized carbons (Fsp3) is 0.500. The molecule has 3 nitrogen and oxygen atoms in total. The van der Waals surface area contributed by atoms with E-state index in [-0.39, 0.29) is 0 Å². The minimum atomic E-state index is 0.681. The van der Waals surface area contributed by atoms with Gasteiger partial charge in [-0.25, -0.2) is 0 Å². The van der Waals surface area contributed by atoms with Gasteiger partial charge < -0.3 is 14.5 Å². The Kier molecular flexibility index (Phi) is 3.65. The van der Waals surface area contributed by atoms with Gasteiger partial charge in [-0.15, -0.1) is 0 Å². The van der Waals surface area contributed by atoms with Crippen LogP contribution in [0.4, 0.5) is 0 Å². The Bertz CT molecular complexity index is 646. The molecule has 1 aliphatic heterocycles. The first kappa shape index (κ1) is 13.2. The van der Waals surface area contributed by atoms with Crippen LogP contribution in [0.2, 0.25) is 5.02 Å². The van der Waals surface area contributed by atoms with Gasteiger partial charge in [-0.3, -0.25) is 0 Å². The monoisotopic (exact) mass is 295 g/mol. The number of piperidine rings is 1. The first-order chi connectivity index (χ1) is 9.13. The summed E-state index contributed by atoms with van der Waals surface area (Å²) in [5.41, 5.74) is 2.18. The van der Waals surface area contributed by atoms with Crippen LogP contribution < -0.4 is 0 Å². The largest absolute Gasteiger partial charge is 0.331 e. The van der Waals surface area contributed by atoms with Gasteiger partial charge in [0.25, 0.3) is 0 Å². The van der Waals surface area contributed by atoms with Crippen molar-refractivity contribution in [1.29, 1.82) is 0 Å². The molecule has 5 heteroatoms. The number of hydrogen-bond donors (Lipinski definition) is 1. The summed E-state index contributed by atoms with van der Waals surface area (Å²) in [5, 5.41) is 0.744. The number of H-pyrrole nitrogens is 1. The average molecular weight is 296 g/mol. The Labute approximate surface area is 123 Å². The quantitative estimate of drug-likeness (QED) is 0.854. The molecule has 1 saturated heterocycles. The van der Waals surface area contributed by atoms with Crippen LogP contribution >= 0.6 is 23.8 Å². The first-order valence-corrected chi connectivity index (χ1v) is 7.49. The third-order valence-electron chi connectivity index (χ3n) is 3.90. The van der Waals surface area contributed by atoms with Gasteiger partial charge in [0.05, 0.1) is 11.0 Å². The topological polar surface area (TPSA) is 24.0 Å². The molecule has 0 aliphatic carbocycles. The molecule has 0 bridgehead atoms. The average Bonchev–Trinajstić information content (AvgIpc) is 2.65. The van der Waals surface area contributed by atoms with E-state index in [1.165, 1.54) is 19.4 Å². The van der Waals surface area contributed by atoms with Crippen LogP contribution in [-0.2, 0) is 6.54 Å². The molecule has 2 heterocycles. The van der Waals surface area contributed by atoms with E-state index in [1.54, 1.807) is 0 Å². The van der Waals surface area contributed by atoms with Crippen molar-refractivity contribution in [1.82, 2.24) is 14.5 Å². The van der Waals surface area contributed by atoms with Crippen molar-refractivity contribution in [2.75, 3.05) is 20.1 Å². The number of halogens is 1. The zero-order valence-electron chi connectivity index (χ0n) is 11.0. The highest BCUT2D eigenvalue weighted by molar-refractivity contribution is 7.71. The molecule has 1 atom stereocenters. The second kappa shape index (κ2) is 5.27. The lowest BCUT2D eigenvalue weighted by molar-refractivity contribution is 0.195. The number of hydrogen-bond acceptors (Lipinski definition) is 2. The van der Waals surface area contributed by atoms with E-state index < -0.39 is 0 Å². The Morgan fingerprint density at radius 1 is 1.47 bits per heavy atom. The summed E-state index contributed by atoms with van der Waals surface area (Å²) < 4.78 is 3.01. The van der Waals surface area contributed by atoms with E-state index in [4.69, 9.17) is 23.8 Å². The first-order valence-electron chi connectivity index (χ1n) is 6.70. The highest BCUT2D eigenvalue weighted by Gasteiger charge is 2.18. The van der Waals surface area contributed by atoms with Crippen molar-refractivity contribution in [3.63, 3.8) is 0 Å². The molecule has 19 heavy (non-hydrogen) atoms. The lowest BCUT2D eigenvalue weighted by Gasteiger charge is -2.29. The van der Waals surface area contributed by atoms with Crippen molar-refractivity contribution in [2.24, 2.45) is 5.92 Å². The third kappa shape index (κ3) is 2.71. The fourth-order valence-electron chi connectivity index (χ4n) is 3.00. The number of fused-ring (bicyclic) bond motifs is 1. The zero-order chi connectivity index (χ0) is 13.4. The summed E-state index contributed by atoms with van der Waals surface area (Å²) >= 11 is 11.5. The Balaban J connectivity index is 1.92. The van der Waals surface area contributed by atoms with Crippen LogP contribution in [0.1, 0.15) is 12.8 Å². The molecule has 1 fully saturated rings.